The molecule has 1 aliphatic heterocycles. The summed E-state index contributed by atoms with van der Waals surface area (Å²) >= 11 is 7.64. The standard InChI is InChI=1S/C19H21ClN2OS/c1-3-21(4-2)16-9-5-14(6-10-16)19-22(18(23)13-24-19)17-11-7-15(20)8-12-17/h5-12,19H,3-4,13H2,1-2H3/t19-/m1/s1. The molecule has 126 valence electrons. The Bertz CT molecular complexity index is 698. The second kappa shape index (κ2) is 7.49. The summed E-state index contributed by atoms with van der Waals surface area (Å²) in [4.78, 5) is 16.6. The number of amides is 1. The predicted molar refractivity (Wildman–Crippen MR) is 104 cm³/mol. The quantitative estimate of drug-likeness (QED) is 0.752. The highest BCUT2D eigenvalue weighted by Crippen LogP contribution is 2.42. The number of halogens is 1. The molecular formula is C19H21ClN2OS. The number of carbonyl (C=O) groups excluding carboxylic acids is 1. The molecule has 0 N–H and O–H groups in total. The summed E-state index contributed by atoms with van der Waals surface area (Å²) < 4.78 is 0. The molecule has 1 aliphatic rings. The van der Waals surface area contributed by atoms with Gasteiger partial charge in [-0.25, -0.2) is 0 Å². The second-order valence-corrected chi connectivity index (χ2v) is 7.17. The molecule has 0 aliphatic carbocycles. The van der Waals surface area contributed by atoms with Crippen molar-refractivity contribution in [3.05, 3.63) is 59.1 Å². The van der Waals surface area contributed by atoms with Gasteiger partial charge in [0.2, 0.25) is 5.91 Å². The number of nitrogens with zero attached hydrogens (tertiary/aromatic N) is 2. The Balaban J connectivity index is 1.87. The minimum atomic E-state index is 0.0180. The molecule has 0 bridgehead atoms. The maximum absolute atomic E-state index is 12.4. The van der Waals surface area contributed by atoms with E-state index in [4.69, 9.17) is 11.6 Å². The van der Waals surface area contributed by atoms with Crippen molar-refractivity contribution in [2.24, 2.45) is 0 Å². The van der Waals surface area contributed by atoms with E-state index in [-0.39, 0.29) is 11.3 Å². The van der Waals surface area contributed by atoms with Crippen molar-refractivity contribution in [3.63, 3.8) is 0 Å². The Morgan fingerprint density at radius 3 is 2.29 bits per heavy atom. The van der Waals surface area contributed by atoms with E-state index in [0.717, 1.165) is 24.3 Å². The molecule has 0 radical (unpaired) electrons. The average Bonchev–Trinajstić information content (AvgIpc) is 2.99. The summed E-state index contributed by atoms with van der Waals surface area (Å²) in [6.45, 7) is 6.29. The number of rotatable bonds is 5. The van der Waals surface area contributed by atoms with Gasteiger partial charge >= 0.3 is 0 Å². The molecule has 3 rings (SSSR count). The summed E-state index contributed by atoms with van der Waals surface area (Å²) in [5.74, 6) is 0.644. The molecular weight excluding hydrogens is 340 g/mol. The van der Waals surface area contributed by atoms with Gasteiger partial charge in [0, 0.05) is 29.5 Å². The predicted octanol–water partition coefficient (Wildman–Crippen LogP) is 4.96. The fourth-order valence-corrected chi connectivity index (χ4v) is 4.29. The third-order valence-electron chi connectivity index (χ3n) is 4.28. The summed E-state index contributed by atoms with van der Waals surface area (Å²) in [6, 6.07) is 16.0. The van der Waals surface area contributed by atoms with Gasteiger partial charge in [0.15, 0.2) is 0 Å². The smallest absolute Gasteiger partial charge is 0.238 e. The van der Waals surface area contributed by atoms with Crippen molar-refractivity contribution < 1.29 is 4.79 Å². The normalized spacial score (nSPS) is 17.4. The van der Waals surface area contributed by atoms with E-state index in [1.54, 1.807) is 11.8 Å². The topological polar surface area (TPSA) is 23.6 Å². The van der Waals surface area contributed by atoms with Crippen LogP contribution in [0.1, 0.15) is 24.8 Å². The van der Waals surface area contributed by atoms with Crippen LogP contribution in [0, 0.1) is 0 Å². The van der Waals surface area contributed by atoms with Gasteiger partial charge < -0.3 is 4.90 Å². The van der Waals surface area contributed by atoms with Crippen LogP contribution in [0.5, 0.6) is 0 Å². The second-order valence-electron chi connectivity index (χ2n) is 5.67. The first kappa shape index (κ1) is 17.2. The Hall–Kier alpha value is -1.65. The van der Waals surface area contributed by atoms with E-state index < -0.39 is 0 Å². The van der Waals surface area contributed by atoms with E-state index in [1.807, 2.05) is 29.2 Å². The SMILES string of the molecule is CCN(CC)c1ccc([C@H]2SCC(=O)N2c2ccc(Cl)cc2)cc1. The van der Waals surface area contributed by atoms with E-state index in [9.17, 15) is 4.79 Å². The highest BCUT2D eigenvalue weighted by atomic mass is 35.5. The third kappa shape index (κ3) is 3.40. The van der Waals surface area contributed by atoms with Crippen molar-refractivity contribution in [2.75, 3.05) is 28.6 Å². The minimum Gasteiger partial charge on any atom is -0.372 e. The zero-order valence-electron chi connectivity index (χ0n) is 13.9. The Kier molecular flexibility index (Phi) is 5.36. The Morgan fingerprint density at radius 2 is 1.71 bits per heavy atom. The molecule has 24 heavy (non-hydrogen) atoms. The summed E-state index contributed by atoms with van der Waals surface area (Å²) in [5.41, 5.74) is 3.26. The van der Waals surface area contributed by atoms with E-state index >= 15 is 0 Å². The van der Waals surface area contributed by atoms with Crippen LogP contribution < -0.4 is 9.80 Å². The molecule has 1 atom stereocenters. The summed E-state index contributed by atoms with van der Waals surface area (Å²) in [7, 11) is 0. The largest absolute Gasteiger partial charge is 0.372 e. The van der Waals surface area contributed by atoms with Gasteiger partial charge in [0.05, 0.1) is 5.75 Å². The van der Waals surface area contributed by atoms with Crippen LogP contribution >= 0.6 is 23.4 Å². The van der Waals surface area contributed by atoms with Gasteiger partial charge in [-0.05, 0) is 55.8 Å². The Labute approximate surface area is 152 Å². The lowest BCUT2D eigenvalue weighted by molar-refractivity contribution is -0.115. The molecule has 1 amide bonds. The van der Waals surface area contributed by atoms with Crippen molar-refractivity contribution in [1.82, 2.24) is 0 Å². The zero-order valence-corrected chi connectivity index (χ0v) is 15.5. The first-order valence-electron chi connectivity index (χ1n) is 8.18. The van der Waals surface area contributed by atoms with Gasteiger partial charge in [-0.15, -0.1) is 11.8 Å². The first-order valence-corrected chi connectivity index (χ1v) is 9.60. The van der Waals surface area contributed by atoms with Crippen LogP contribution in [0.4, 0.5) is 11.4 Å². The van der Waals surface area contributed by atoms with Crippen LogP contribution in [-0.2, 0) is 4.79 Å². The first-order chi connectivity index (χ1) is 11.6. The Morgan fingerprint density at radius 1 is 1.08 bits per heavy atom. The minimum absolute atomic E-state index is 0.0180. The lowest BCUT2D eigenvalue weighted by Crippen LogP contribution is -2.27. The summed E-state index contributed by atoms with van der Waals surface area (Å²) in [6.07, 6.45) is 0. The van der Waals surface area contributed by atoms with Crippen molar-refractivity contribution in [3.8, 4) is 0 Å². The molecule has 2 aromatic rings. The molecule has 0 aromatic heterocycles. The van der Waals surface area contributed by atoms with Gasteiger partial charge in [-0.3, -0.25) is 9.69 Å². The molecule has 3 nitrogen and oxygen atoms in total. The van der Waals surface area contributed by atoms with E-state index in [1.165, 1.54) is 5.69 Å². The maximum Gasteiger partial charge on any atom is 0.238 e. The van der Waals surface area contributed by atoms with Crippen LogP contribution in [0.3, 0.4) is 0 Å². The fourth-order valence-electron chi connectivity index (χ4n) is 2.99. The molecule has 0 saturated carbocycles. The van der Waals surface area contributed by atoms with Crippen LogP contribution in [0.15, 0.2) is 48.5 Å². The van der Waals surface area contributed by atoms with Crippen LogP contribution in [-0.4, -0.2) is 24.7 Å². The number of benzene rings is 2. The van der Waals surface area contributed by atoms with E-state index in [0.29, 0.717) is 10.8 Å². The van der Waals surface area contributed by atoms with Gasteiger partial charge in [0.25, 0.3) is 0 Å². The lowest BCUT2D eigenvalue weighted by atomic mass is 10.1. The highest BCUT2D eigenvalue weighted by Gasteiger charge is 2.33. The van der Waals surface area contributed by atoms with Crippen LogP contribution in [0.2, 0.25) is 5.02 Å². The molecule has 1 saturated heterocycles. The monoisotopic (exact) mass is 360 g/mol. The van der Waals surface area contributed by atoms with Gasteiger partial charge in [-0.1, -0.05) is 23.7 Å². The van der Waals surface area contributed by atoms with E-state index in [2.05, 4.69) is 43.0 Å². The van der Waals surface area contributed by atoms with Gasteiger partial charge in [0.1, 0.15) is 5.37 Å². The fraction of sp³-hybridized carbons (Fsp3) is 0.316. The maximum atomic E-state index is 12.4. The third-order valence-corrected chi connectivity index (χ3v) is 5.74. The number of carbonyl (C=O) groups is 1. The van der Waals surface area contributed by atoms with Crippen molar-refractivity contribution >= 4 is 40.6 Å². The lowest BCUT2D eigenvalue weighted by Gasteiger charge is -2.26. The molecule has 0 unspecified atom stereocenters. The van der Waals surface area contributed by atoms with Crippen LogP contribution in [0.25, 0.3) is 0 Å². The zero-order chi connectivity index (χ0) is 17.1. The molecule has 1 heterocycles. The molecule has 1 fully saturated rings. The summed E-state index contributed by atoms with van der Waals surface area (Å²) in [5, 5.41) is 0.697. The van der Waals surface area contributed by atoms with Gasteiger partial charge in [-0.2, -0.15) is 0 Å². The number of hydrogen-bond acceptors (Lipinski definition) is 3. The van der Waals surface area contributed by atoms with Crippen molar-refractivity contribution in [2.45, 2.75) is 19.2 Å². The molecule has 5 heteroatoms. The highest BCUT2D eigenvalue weighted by molar-refractivity contribution is 8.00. The number of hydrogen-bond donors (Lipinski definition) is 0. The molecule has 0 spiro atoms. The number of anilines is 2. The number of thioether (sulfide) groups is 1. The van der Waals surface area contributed by atoms with Crippen molar-refractivity contribution in [1.29, 1.82) is 0 Å². The average molecular weight is 361 g/mol. The molecule has 2 aromatic carbocycles.